The second kappa shape index (κ2) is 9.40. The molecule has 1 amide bonds. The van der Waals surface area contributed by atoms with Gasteiger partial charge in [0.15, 0.2) is 11.7 Å². The van der Waals surface area contributed by atoms with Gasteiger partial charge >= 0.3 is 0 Å². The standard InChI is InChI=1S/C22H20N6O3S/c1-13-3-7-15(8-4-13)19-18-20(23-12-24-21(18)31-28-19)30-11-17(29)26-27-22(32)25-16-9-5-14(2)6-10-16/h3-10,12H,11H2,1-2H3,(H,26,29)(H2,25,27,32). The van der Waals surface area contributed by atoms with E-state index in [2.05, 4.69) is 31.3 Å². The number of carbonyl (C=O) groups is 1. The zero-order valence-corrected chi connectivity index (χ0v) is 18.2. The summed E-state index contributed by atoms with van der Waals surface area (Å²) in [7, 11) is 0. The van der Waals surface area contributed by atoms with E-state index in [1.54, 1.807) is 0 Å². The molecule has 0 fully saturated rings. The highest BCUT2D eigenvalue weighted by molar-refractivity contribution is 7.80. The second-order valence-electron chi connectivity index (χ2n) is 7.04. The number of amides is 1. The van der Waals surface area contributed by atoms with Gasteiger partial charge in [0.2, 0.25) is 5.88 Å². The van der Waals surface area contributed by atoms with Gasteiger partial charge in [-0.2, -0.15) is 4.98 Å². The predicted octanol–water partition coefficient (Wildman–Crippen LogP) is 3.30. The molecule has 10 heteroatoms. The summed E-state index contributed by atoms with van der Waals surface area (Å²) >= 11 is 5.18. The fraction of sp³-hybridized carbons (Fsp3) is 0.136. The van der Waals surface area contributed by atoms with E-state index in [1.165, 1.54) is 6.33 Å². The van der Waals surface area contributed by atoms with Crippen LogP contribution < -0.4 is 20.9 Å². The van der Waals surface area contributed by atoms with E-state index in [4.69, 9.17) is 21.5 Å². The van der Waals surface area contributed by atoms with Gasteiger partial charge in [-0.1, -0.05) is 52.7 Å². The number of hydrazine groups is 1. The van der Waals surface area contributed by atoms with Crippen LogP contribution >= 0.6 is 12.2 Å². The molecule has 0 aliphatic rings. The van der Waals surface area contributed by atoms with Gasteiger partial charge in [0.1, 0.15) is 17.4 Å². The summed E-state index contributed by atoms with van der Waals surface area (Å²) in [5.74, 6) is -0.250. The van der Waals surface area contributed by atoms with E-state index in [0.29, 0.717) is 11.1 Å². The Labute approximate surface area is 189 Å². The van der Waals surface area contributed by atoms with Gasteiger partial charge in [-0.05, 0) is 38.2 Å². The molecule has 0 saturated carbocycles. The molecule has 32 heavy (non-hydrogen) atoms. The number of anilines is 1. The monoisotopic (exact) mass is 448 g/mol. The first-order valence-electron chi connectivity index (χ1n) is 9.72. The molecule has 2 aromatic heterocycles. The molecule has 9 nitrogen and oxygen atoms in total. The van der Waals surface area contributed by atoms with Crippen LogP contribution in [-0.2, 0) is 4.79 Å². The number of aryl methyl sites for hydroxylation is 2. The van der Waals surface area contributed by atoms with E-state index in [-0.39, 0.29) is 23.3 Å². The minimum absolute atomic E-state index is 0.197. The zero-order valence-electron chi connectivity index (χ0n) is 17.4. The molecule has 0 saturated heterocycles. The molecule has 0 atom stereocenters. The first-order valence-corrected chi connectivity index (χ1v) is 10.1. The Morgan fingerprint density at radius 3 is 2.41 bits per heavy atom. The summed E-state index contributed by atoms with van der Waals surface area (Å²) in [6.07, 6.45) is 1.29. The molecule has 2 heterocycles. The summed E-state index contributed by atoms with van der Waals surface area (Å²) in [6.45, 7) is 3.69. The molecule has 0 bridgehead atoms. The van der Waals surface area contributed by atoms with Gasteiger partial charge in [0.05, 0.1) is 0 Å². The maximum absolute atomic E-state index is 12.2. The van der Waals surface area contributed by atoms with Crippen LogP contribution in [-0.4, -0.2) is 32.8 Å². The number of nitrogens with one attached hydrogen (secondary N) is 3. The van der Waals surface area contributed by atoms with E-state index in [9.17, 15) is 4.79 Å². The topological polar surface area (TPSA) is 114 Å². The molecule has 0 unspecified atom stereocenters. The largest absolute Gasteiger partial charge is 0.467 e. The smallest absolute Gasteiger partial charge is 0.276 e. The molecular formula is C22H20N6O3S. The van der Waals surface area contributed by atoms with E-state index in [1.807, 2.05) is 62.4 Å². The zero-order chi connectivity index (χ0) is 22.5. The van der Waals surface area contributed by atoms with Crippen molar-refractivity contribution in [3.63, 3.8) is 0 Å². The van der Waals surface area contributed by atoms with Gasteiger partial charge in [-0.15, -0.1) is 0 Å². The predicted molar refractivity (Wildman–Crippen MR) is 124 cm³/mol. The number of ether oxygens (including phenoxy) is 1. The van der Waals surface area contributed by atoms with Crippen LogP contribution in [0.25, 0.3) is 22.4 Å². The van der Waals surface area contributed by atoms with Crippen molar-refractivity contribution >= 4 is 40.0 Å². The molecule has 0 spiro atoms. The molecular weight excluding hydrogens is 428 g/mol. The fourth-order valence-electron chi connectivity index (χ4n) is 2.87. The SMILES string of the molecule is Cc1ccc(NC(=S)NNC(=O)COc2ncnc3onc(-c4ccc(C)cc4)c23)cc1. The summed E-state index contributed by atoms with van der Waals surface area (Å²) in [4.78, 5) is 20.4. The lowest BCUT2D eigenvalue weighted by Crippen LogP contribution is -2.45. The quantitative estimate of drug-likeness (QED) is 0.312. The average molecular weight is 449 g/mol. The van der Waals surface area contributed by atoms with Crippen molar-refractivity contribution in [3.05, 3.63) is 66.0 Å². The van der Waals surface area contributed by atoms with E-state index < -0.39 is 5.91 Å². The number of benzene rings is 2. The Morgan fingerprint density at radius 2 is 1.69 bits per heavy atom. The van der Waals surface area contributed by atoms with Crippen molar-refractivity contribution in [2.75, 3.05) is 11.9 Å². The Balaban J connectivity index is 1.38. The third kappa shape index (κ3) is 4.98. The molecule has 0 aliphatic carbocycles. The third-order valence-corrected chi connectivity index (χ3v) is 4.73. The van der Waals surface area contributed by atoms with Crippen molar-refractivity contribution in [2.45, 2.75) is 13.8 Å². The van der Waals surface area contributed by atoms with Crippen molar-refractivity contribution in [2.24, 2.45) is 0 Å². The van der Waals surface area contributed by atoms with Gasteiger partial charge in [-0.3, -0.25) is 15.6 Å². The Hall–Kier alpha value is -4.05. The first kappa shape index (κ1) is 21.2. The van der Waals surface area contributed by atoms with Crippen LogP contribution in [0.3, 0.4) is 0 Å². The molecule has 4 rings (SSSR count). The maximum Gasteiger partial charge on any atom is 0.276 e. The van der Waals surface area contributed by atoms with Gasteiger partial charge in [0, 0.05) is 11.3 Å². The number of hydrogen-bond acceptors (Lipinski definition) is 7. The fourth-order valence-corrected chi connectivity index (χ4v) is 3.04. The van der Waals surface area contributed by atoms with Crippen LogP contribution in [0.15, 0.2) is 59.4 Å². The highest BCUT2D eigenvalue weighted by atomic mass is 32.1. The van der Waals surface area contributed by atoms with Crippen molar-refractivity contribution in [1.82, 2.24) is 26.0 Å². The summed E-state index contributed by atoms with van der Waals surface area (Å²) in [5.41, 5.74) is 9.81. The summed E-state index contributed by atoms with van der Waals surface area (Å²) < 4.78 is 10.9. The first-order chi connectivity index (χ1) is 15.5. The Bertz CT molecular complexity index is 1260. The summed E-state index contributed by atoms with van der Waals surface area (Å²) in [6, 6.07) is 15.5. The Morgan fingerprint density at radius 1 is 1.00 bits per heavy atom. The lowest BCUT2D eigenvalue weighted by molar-refractivity contribution is -0.123. The lowest BCUT2D eigenvalue weighted by atomic mass is 10.1. The average Bonchev–Trinajstić information content (AvgIpc) is 3.23. The highest BCUT2D eigenvalue weighted by Crippen LogP contribution is 2.32. The van der Waals surface area contributed by atoms with E-state index in [0.717, 1.165) is 22.4 Å². The second-order valence-corrected chi connectivity index (χ2v) is 7.45. The molecule has 3 N–H and O–H groups in total. The lowest BCUT2D eigenvalue weighted by Gasteiger charge is -2.12. The van der Waals surface area contributed by atoms with Crippen LogP contribution in [0.2, 0.25) is 0 Å². The minimum Gasteiger partial charge on any atom is -0.467 e. The van der Waals surface area contributed by atoms with Gasteiger partial charge < -0.3 is 14.6 Å². The highest BCUT2D eigenvalue weighted by Gasteiger charge is 2.18. The number of carbonyl (C=O) groups excluding carboxylic acids is 1. The summed E-state index contributed by atoms with van der Waals surface area (Å²) in [5, 5.41) is 7.80. The molecule has 0 aliphatic heterocycles. The van der Waals surface area contributed by atoms with E-state index >= 15 is 0 Å². The minimum atomic E-state index is -0.446. The van der Waals surface area contributed by atoms with Crippen LogP contribution in [0.1, 0.15) is 11.1 Å². The molecule has 0 radical (unpaired) electrons. The molecule has 162 valence electrons. The van der Waals surface area contributed by atoms with Crippen molar-refractivity contribution in [3.8, 4) is 17.1 Å². The number of fused-ring (bicyclic) bond motifs is 1. The number of thiocarbonyl (C=S) groups is 1. The number of hydrogen-bond donors (Lipinski definition) is 3. The molecule has 2 aromatic carbocycles. The van der Waals surface area contributed by atoms with Crippen LogP contribution in [0.5, 0.6) is 5.88 Å². The van der Waals surface area contributed by atoms with Crippen LogP contribution in [0.4, 0.5) is 5.69 Å². The molecule has 4 aromatic rings. The van der Waals surface area contributed by atoms with Crippen LogP contribution in [0, 0.1) is 13.8 Å². The maximum atomic E-state index is 12.2. The van der Waals surface area contributed by atoms with Gasteiger partial charge in [-0.25, -0.2) is 4.98 Å². The Kier molecular flexibility index (Phi) is 6.22. The van der Waals surface area contributed by atoms with Gasteiger partial charge in [0.25, 0.3) is 11.6 Å². The third-order valence-electron chi connectivity index (χ3n) is 4.53. The number of rotatable bonds is 5. The number of aromatic nitrogens is 3. The van der Waals surface area contributed by atoms with Crippen molar-refractivity contribution in [1.29, 1.82) is 0 Å². The number of nitrogens with zero attached hydrogens (tertiary/aromatic N) is 3. The normalized spacial score (nSPS) is 10.6. The van der Waals surface area contributed by atoms with Crippen molar-refractivity contribution < 1.29 is 14.1 Å².